The first-order valence-corrected chi connectivity index (χ1v) is 6.47. The Morgan fingerprint density at radius 2 is 2.05 bits per heavy atom. The predicted octanol–water partition coefficient (Wildman–Crippen LogP) is 3.81. The first-order chi connectivity index (χ1) is 9.08. The molecule has 2 nitrogen and oxygen atoms in total. The highest BCUT2D eigenvalue weighted by molar-refractivity contribution is 5.85. The molecule has 0 amide bonds. The second-order valence-corrected chi connectivity index (χ2v) is 4.79. The van der Waals surface area contributed by atoms with Gasteiger partial charge in [0, 0.05) is 23.4 Å². The Morgan fingerprint density at radius 1 is 1.26 bits per heavy atom. The Balaban J connectivity index is 2.24. The molecule has 1 aromatic heterocycles. The number of pyridine rings is 1. The van der Waals surface area contributed by atoms with Gasteiger partial charge >= 0.3 is 0 Å². The number of aryl methyl sites for hydroxylation is 2. The van der Waals surface area contributed by atoms with Gasteiger partial charge in [0.2, 0.25) is 12.0 Å². The number of fused-ring (bicyclic) bond motifs is 1. The van der Waals surface area contributed by atoms with Crippen LogP contribution in [-0.4, -0.2) is 11.4 Å². The summed E-state index contributed by atoms with van der Waals surface area (Å²) < 4.78 is 24.2. The van der Waals surface area contributed by atoms with Gasteiger partial charge in [-0.2, -0.15) is 0 Å². The van der Waals surface area contributed by atoms with Crippen molar-refractivity contribution >= 4 is 10.9 Å². The molecule has 102 valence electrons. The van der Waals surface area contributed by atoms with E-state index in [1.165, 1.54) is 0 Å². The summed E-state index contributed by atoms with van der Waals surface area (Å²) >= 11 is 0. The third kappa shape index (κ3) is 3.40. The second kappa shape index (κ2) is 5.95. The van der Waals surface area contributed by atoms with Gasteiger partial charge in [0.25, 0.3) is 0 Å². The minimum absolute atomic E-state index is 0.0693. The lowest BCUT2D eigenvalue weighted by molar-refractivity contribution is 0.134. The minimum Gasteiger partial charge on any atom is -0.322 e. The van der Waals surface area contributed by atoms with Crippen LogP contribution >= 0.6 is 0 Å². The summed E-state index contributed by atoms with van der Waals surface area (Å²) in [6, 6.07) is 7.33. The third-order valence-electron chi connectivity index (χ3n) is 3.28. The van der Waals surface area contributed by atoms with Crippen molar-refractivity contribution in [2.75, 3.05) is 0 Å². The van der Waals surface area contributed by atoms with Gasteiger partial charge < -0.3 is 4.98 Å². The summed E-state index contributed by atoms with van der Waals surface area (Å²) in [7, 11) is 0. The smallest absolute Gasteiger partial charge is 0.248 e. The van der Waals surface area contributed by atoms with E-state index in [1.54, 1.807) is 6.07 Å². The Kier molecular flexibility index (Phi) is 4.30. The van der Waals surface area contributed by atoms with Crippen LogP contribution < -0.4 is 5.56 Å². The van der Waals surface area contributed by atoms with E-state index in [2.05, 4.69) is 4.98 Å². The molecule has 0 atom stereocenters. The SMILES string of the molecule is Cc1cccc2[nH]c(=O)cc(CCCCC(F)F)c12. The molecule has 0 fully saturated rings. The van der Waals surface area contributed by atoms with Crippen molar-refractivity contribution in [1.29, 1.82) is 0 Å². The van der Waals surface area contributed by atoms with Crippen LogP contribution in [0, 0.1) is 6.92 Å². The fourth-order valence-electron chi connectivity index (χ4n) is 2.41. The molecular formula is C15H17F2NO. The van der Waals surface area contributed by atoms with Crippen LogP contribution in [0.15, 0.2) is 29.1 Å². The average Bonchev–Trinajstić information content (AvgIpc) is 2.33. The van der Waals surface area contributed by atoms with Crippen LogP contribution in [0.4, 0.5) is 8.78 Å². The number of unbranched alkanes of at least 4 members (excludes halogenated alkanes) is 1. The maximum Gasteiger partial charge on any atom is 0.248 e. The van der Waals surface area contributed by atoms with Gasteiger partial charge in [-0.05, 0) is 43.4 Å². The monoisotopic (exact) mass is 265 g/mol. The Morgan fingerprint density at radius 3 is 2.79 bits per heavy atom. The van der Waals surface area contributed by atoms with Gasteiger partial charge in [-0.1, -0.05) is 12.1 Å². The molecule has 4 heteroatoms. The second-order valence-electron chi connectivity index (χ2n) is 4.79. The van der Waals surface area contributed by atoms with E-state index in [1.807, 2.05) is 25.1 Å². The van der Waals surface area contributed by atoms with Crippen LogP contribution in [0.5, 0.6) is 0 Å². The summed E-state index contributed by atoms with van der Waals surface area (Å²) in [5, 5.41) is 1.04. The Hall–Kier alpha value is -1.71. The van der Waals surface area contributed by atoms with Gasteiger partial charge in [-0.3, -0.25) is 4.79 Å². The minimum atomic E-state index is -2.24. The van der Waals surface area contributed by atoms with Crippen molar-refractivity contribution in [3.8, 4) is 0 Å². The summed E-state index contributed by atoms with van der Waals surface area (Å²) in [6.45, 7) is 1.99. The first kappa shape index (κ1) is 13.7. The molecule has 1 heterocycles. The molecule has 2 rings (SSSR count). The van der Waals surface area contributed by atoms with Crippen LogP contribution in [-0.2, 0) is 6.42 Å². The first-order valence-electron chi connectivity index (χ1n) is 6.47. The summed E-state index contributed by atoms with van der Waals surface area (Å²) in [5.74, 6) is 0. The van der Waals surface area contributed by atoms with Gasteiger partial charge in [0.05, 0.1) is 0 Å². The van der Waals surface area contributed by atoms with Crippen molar-refractivity contribution in [3.05, 3.63) is 45.7 Å². The number of H-pyrrole nitrogens is 1. The summed E-state index contributed by atoms with van der Waals surface area (Å²) in [6.07, 6.45) is -0.481. The van der Waals surface area contributed by atoms with E-state index in [4.69, 9.17) is 0 Å². The zero-order valence-electron chi connectivity index (χ0n) is 10.9. The number of aromatic nitrogens is 1. The predicted molar refractivity (Wildman–Crippen MR) is 72.9 cm³/mol. The van der Waals surface area contributed by atoms with Crippen molar-refractivity contribution in [1.82, 2.24) is 4.98 Å². The number of halogens is 2. The van der Waals surface area contributed by atoms with Gasteiger partial charge in [0.15, 0.2) is 0 Å². The van der Waals surface area contributed by atoms with E-state index < -0.39 is 6.43 Å². The highest BCUT2D eigenvalue weighted by atomic mass is 19.3. The van der Waals surface area contributed by atoms with E-state index >= 15 is 0 Å². The van der Waals surface area contributed by atoms with Gasteiger partial charge in [-0.25, -0.2) is 8.78 Å². The number of rotatable bonds is 5. The maximum absolute atomic E-state index is 12.1. The lowest BCUT2D eigenvalue weighted by atomic mass is 9.99. The fraction of sp³-hybridized carbons (Fsp3) is 0.400. The highest BCUT2D eigenvalue weighted by Crippen LogP contribution is 2.21. The molecule has 0 saturated carbocycles. The van der Waals surface area contributed by atoms with E-state index in [-0.39, 0.29) is 12.0 Å². The zero-order chi connectivity index (χ0) is 13.8. The maximum atomic E-state index is 12.1. The molecular weight excluding hydrogens is 248 g/mol. The van der Waals surface area contributed by atoms with E-state index in [9.17, 15) is 13.6 Å². The lowest BCUT2D eigenvalue weighted by Crippen LogP contribution is -2.07. The van der Waals surface area contributed by atoms with Crippen molar-refractivity contribution in [2.24, 2.45) is 0 Å². The van der Waals surface area contributed by atoms with Crippen molar-refractivity contribution in [3.63, 3.8) is 0 Å². The van der Waals surface area contributed by atoms with Crippen molar-refractivity contribution in [2.45, 2.75) is 39.0 Å². The highest BCUT2D eigenvalue weighted by Gasteiger charge is 2.07. The van der Waals surface area contributed by atoms with Crippen LogP contribution in [0.25, 0.3) is 10.9 Å². The molecule has 19 heavy (non-hydrogen) atoms. The molecule has 0 aliphatic heterocycles. The number of aromatic amines is 1. The van der Waals surface area contributed by atoms with Gasteiger partial charge in [-0.15, -0.1) is 0 Å². The molecule has 0 radical (unpaired) electrons. The third-order valence-corrected chi connectivity index (χ3v) is 3.28. The van der Waals surface area contributed by atoms with Gasteiger partial charge in [0.1, 0.15) is 0 Å². The number of hydrogen-bond donors (Lipinski definition) is 1. The normalized spacial score (nSPS) is 11.4. The Labute approximate surface area is 110 Å². The molecule has 0 aliphatic rings. The molecule has 0 aliphatic carbocycles. The molecule has 0 unspecified atom stereocenters. The lowest BCUT2D eigenvalue weighted by Gasteiger charge is -2.08. The van der Waals surface area contributed by atoms with Crippen molar-refractivity contribution < 1.29 is 8.78 Å². The Bertz CT molecular complexity index is 619. The quantitative estimate of drug-likeness (QED) is 0.819. The molecule has 1 N–H and O–H groups in total. The number of benzene rings is 1. The molecule has 0 bridgehead atoms. The number of alkyl halides is 2. The molecule has 0 spiro atoms. The molecule has 2 aromatic rings. The van der Waals surface area contributed by atoms with Crippen LogP contribution in [0.3, 0.4) is 0 Å². The fourth-order valence-corrected chi connectivity index (χ4v) is 2.41. The average molecular weight is 265 g/mol. The van der Waals surface area contributed by atoms with Crippen LogP contribution in [0.1, 0.15) is 30.4 Å². The van der Waals surface area contributed by atoms with E-state index in [0.717, 1.165) is 22.0 Å². The summed E-state index contributed by atoms with van der Waals surface area (Å²) in [4.78, 5) is 14.4. The molecule has 0 saturated heterocycles. The summed E-state index contributed by atoms with van der Waals surface area (Å²) in [5.41, 5.74) is 2.72. The topological polar surface area (TPSA) is 32.9 Å². The van der Waals surface area contributed by atoms with Crippen LogP contribution in [0.2, 0.25) is 0 Å². The number of nitrogens with one attached hydrogen (secondary N) is 1. The molecule has 1 aromatic carbocycles. The standard InChI is InChI=1S/C15H17F2NO/c1-10-5-4-7-12-15(10)11(9-14(19)18-12)6-2-3-8-13(16)17/h4-5,7,9,13H,2-3,6,8H2,1H3,(H,18,19). The zero-order valence-corrected chi connectivity index (χ0v) is 10.9. The largest absolute Gasteiger partial charge is 0.322 e. The van der Waals surface area contributed by atoms with E-state index in [0.29, 0.717) is 19.3 Å². The number of hydrogen-bond acceptors (Lipinski definition) is 1.